The van der Waals surface area contributed by atoms with Crippen LogP contribution in [0.4, 0.5) is 5.69 Å². The van der Waals surface area contributed by atoms with E-state index in [1.54, 1.807) is 13.1 Å². The number of carbonyl (C=O) groups is 2. The predicted molar refractivity (Wildman–Crippen MR) is 108 cm³/mol. The number of anilines is 1. The smallest absolute Gasteiger partial charge is 0.341 e. The summed E-state index contributed by atoms with van der Waals surface area (Å²) in [6.07, 6.45) is 12.6. The highest BCUT2D eigenvalue weighted by Gasteiger charge is 2.28. The zero-order chi connectivity index (χ0) is 19.9. The van der Waals surface area contributed by atoms with Crippen molar-refractivity contribution < 1.29 is 19.1 Å². The molecule has 2 aliphatic rings. The Labute approximate surface area is 166 Å². The molecule has 1 atom stereocenters. The molecule has 6 heteroatoms. The summed E-state index contributed by atoms with van der Waals surface area (Å²) < 4.78 is 10.3. The topological polar surface area (TPSA) is 77.5 Å². The maximum Gasteiger partial charge on any atom is 0.341 e. The number of nitrogens with zero attached hydrogens (tertiary/aromatic N) is 1. The summed E-state index contributed by atoms with van der Waals surface area (Å²) in [7, 11) is 0. The Bertz CT molecular complexity index is 738. The van der Waals surface area contributed by atoms with Crippen molar-refractivity contribution >= 4 is 23.7 Å². The zero-order valence-corrected chi connectivity index (χ0v) is 16.8. The average molecular weight is 386 g/mol. The summed E-state index contributed by atoms with van der Waals surface area (Å²) in [6, 6.07) is 0.361. The number of allylic oxidation sites excluding steroid dienone is 1. The fraction of sp³-hybridized carbons (Fsp3) is 0.591. The summed E-state index contributed by atoms with van der Waals surface area (Å²) >= 11 is 0. The van der Waals surface area contributed by atoms with E-state index in [9.17, 15) is 9.59 Å². The van der Waals surface area contributed by atoms with Crippen LogP contribution in [0, 0.1) is 0 Å². The Balaban J connectivity index is 1.84. The Morgan fingerprint density at radius 1 is 1.14 bits per heavy atom. The number of hydrogen-bond acceptors (Lipinski definition) is 6. The molecule has 3 rings (SSSR count). The lowest BCUT2D eigenvalue weighted by molar-refractivity contribution is -0.143. The second kappa shape index (κ2) is 9.71. The molecule has 1 fully saturated rings. The molecule has 1 unspecified atom stereocenters. The van der Waals surface area contributed by atoms with Gasteiger partial charge in [-0.25, -0.2) is 4.79 Å². The third-order valence-corrected chi connectivity index (χ3v) is 5.41. The van der Waals surface area contributed by atoms with Crippen LogP contribution in [0.1, 0.15) is 86.3 Å². The van der Waals surface area contributed by atoms with Gasteiger partial charge >= 0.3 is 11.9 Å². The third-order valence-electron chi connectivity index (χ3n) is 5.41. The minimum absolute atomic E-state index is 0.0579. The van der Waals surface area contributed by atoms with Crippen LogP contribution in [0.3, 0.4) is 0 Å². The Morgan fingerprint density at radius 3 is 2.61 bits per heavy atom. The number of carbonyl (C=O) groups excluding carboxylic acids is 2. The summed E-state index contributed by atoms with van der Waals surface area (Å²) in [6.45, 7) is 4.34. The van der Waals surface area contributed by atoms with Gasteiger partial charge in [-0.3, -0.25) is 9.78 Å². The van der Waals surface area contributed by atoms with E-state index in [1.165, 1.54) is 19.3 Å². The SMILES string of the molecule is CCOC(=O)CCC1C=Cc2c1ncc(C(=O)OCC)c2NC1CCCCC1. The molecule has 0 spiro atoms. The molecule has 1 N–H and O–H groups in total. The first-order valence-corrected chi connectivity index (χ1v) is 10.4. The normalized spacial score (nSPS) is 18.6. The number of ether oxygens (including phenoxy) is 2. The van der Waals surface area contributed by atoms with Gasteiger partial charge in [0.2, 0.25) is 0 Å². The van der Waals surface area contributed by atoms with Crippen molar-refractivity contribution in [3.63, 3.8) is 0 Å². The molecule has 0 amide bonds. The van der Waals surface area contributed by atoms with Gasteiger partial charge in [-0.15, -0.1) is 0 Å². The number of nitrogens with one attached hydrogen (secondary N) is 1. The van der Waals surface area contributed by atoms with Gasteiger partial charge < -0.3 is 14.8 Å². The largest absolute Gasteiger partial charge is 0.466 e. The first kappa shape index (κ1) is 20.4. The van der Waals surface area contributed by atoms with Crippen LogP contribution in [0.25, 0.3) is 6.08 Å². The number of esters is 2. The monoisotopic (exact) mass is 386 g/mol. The van der Waals surface area contributed by atoms with Crippen LogP contribution in [0.15, 0.2) is 12.3 Å². The average Bonchev–Trinajstić information content (AvgIpc) is 3.11. The fourth-order valence-electron chi connectivity index (χ4n) is 4.02. The molecule has 0 bridgehead atoms. The molecule has 28 heavy (non-hydrogen) atoms. The third kappa shape index (κ3) is 4.72. The van der Waals surface area contributed by atoms with E-state index in [2.05, 4.69) is 16.4 Å². The number of pyridine rings is 1. The molecule has 0 radical (unpaired) electrons. The van der Waals surface area contributed by atoms with Crippen LogP contribution in [0.5, 0.6) is 0 Å². The van der Waals surface area contributed by atoms with Crippen molar-refractivity contribution in [3.8, 4) is 0 Å². The minimum Gasteiger partial charge on any atom is -0.466 e. The van der Waals surface area contributed by atoms with Crippen LogP contribution < -0.4 is 5.32 Å². The zero-order valence-electron chi connectivity index (χ0n) is 16.8. The predicted octanol–water partition coefficient (Wildman–Crippen LogP) is 4.46. The molecule has 0 aliphatic heterocycles. The van der Waals surface area contributed by atoms with Crippen LogP contribution in [-0.2, 0) is 14.3 Å². The minimum atomic E-state index is -0.348. The maximum atomic E-state index is 12.5. The lowest BCUT2D eigenvalue weighted by atomic mass is 9.94. The highest BCUT2D eigenvalue weighted by molar-refractivity contribution is 5.98. The highest BCUT2D eigenvalue weighted by Crippen LogP contribution is 2.39. The lowest BCUT2D eigenvalue weighted by Crippen LogP contribution is -2.25. The Morgan fingerprint density at radius 2 is 1.89 bits per heavy atom. The van der Waals surface area contributed by atoms with E-state index in [1.807, 2.05) is 13.0 Å². The summed E-state index contributed by atoms with van der Waals surface area (Å²) in [4.78, 5) is 28.8. The first-order chi connectivity index (χ1) is 13.6. The number of rotatable bonds is 8. The van der Waals surface area contributed by atoms with Crippen molar-refractivity contribution in [1.82, 2.24) is 4.98 Å². The van der Waals surface area contributed by atoms with Gasteiger partial charge in [-0.2, -0.15) is 0 Å². The molecule has 1 saturated carbocycles. The molecular weight excluding hydrogens is 356 g/mol. The molecule has 1 aromatic rings. The van der Waals surface area contributed by atoms with Crippen LogP contribution in [0.2, 0.25) is 0 Å². The maximum absolute atomic E-state index is 12.5. The van der Waals surface area contributed by atoms with Crippen molar-refractivity contribution in [2.45, 2.75) is 70.8 Å². The summed E-state index contributed by atoms with van der Waals surface area (Å²) in [5, 5.41) is 3.61. The van der Waals surface area contributed by atoms with Crippen molar-refractivity contribution in [2.75, 3.05) is 18.5 Å². The van der Waals surface area contributed by atoms with Crippen molar-refractivity contribution in [3.05, 3.63) is 29.1 Å². The fourth-order valence-corrected chi connectivity index (χ4v) is 4.02. The number of hydrogen-bond donors (Lipinski definition) is 1. The molecule has 1 aromatic heterocycles. The summed E-state index contributed by atoms with van der Waals surface area (Å²) in [5.74, 6) is -0.477. The standard InChI is InChI=1S/C22H30N2O4/c1-3-27-19(25)13-11-15-10-12-17-20(15)23-14-18(22(26)28-4-2)21(17)24-16-8-6-5-7-9-16/h10,12,14-16H,3-9,11,13H2,1-2H3,(H,23,24). The number of aromatic nitrogens is 1. The molecular formula is C22H30N2O4. The molecule has 1 heterocycles. The second-order valence-corrected chi connectivity index (χ2v) is 7.35. The van der Waals surface area contributed by atoms with Gasteiger partial charge in [-0.1, -0.05) is 31.4 Å². The quantitative estimate of drug-likeness (QED) is 0.665. The Hall–Kier alpha value is -2.37. The van der Waals surface area contributed by atoms with E-state index >= 15 is 0 Å². The van der Waals surface area contributed by atoms with E-state index in [0.29, 0.717) is 37.7 Å². The second-order valence-electron chi connectivity index (χ2n) is 7.35. The summed E-state index contributed by atoms with van der Waals surface area (Å²) in [5.41, 5.74) is 3.17. The van der Waals surface area contributed by atoms with Crippen LogP contribution >= 0.6 is 0 Å². The van der Waals surface area contributed by atoms with Crippen LogP contribution in [-0.4, -0.2) is 36.2 Å². The molecule has 0 aromatic carbocycles. The van der Waals surface area contributed by atoms with E-state index in [0.717, 1.165) is 29.8 Å². The molecule has 2 aliphatic carbocycles. The molecule has 6 nitrogen and oxygen atoms in total. The highest BCUT2D eigenvalue weighted by atomic mass is 16.5. The van der Waals surface area contributed by atoms with E-state index in [-0.39, 0.29) is 17.9 Å². The van der Waals surface area contributed by atoms with Gasteiger partial charge in [0.1, 0.15) is 5.56 Å². The van der Waals surface area contributed by atoms with Gasteiger partial charge in [0.15, 0.2) is 0 Å². The van der Waals surface area contributed by atoms with Crippen molar-refractivity contribution in [2.24, 2.45) is 0 Å². The van der Waals surface area contributed by atoms with E-state index in [4.69, 9.17) is 9.47 Å². The molecule has 0 saturated heterocycles. The van der Waals surface area contributed by atoms with E-state index < -0.39 is 0 Å². The van der Waals surface area contributed by atoms with Gasteiger partial charge in [-0.05, 0) is 33.1 Å². The van der Waals surface area contributed by atoms with Gasteiger partial charge in [0, 0.05) is 30.1 Å². The molecule has 152 valence electrons. The number of fused-ring (bicyclic) bond motifs is 1. The first-order valence-electron chi connectivity index (χ1n) is 10.4. The lowest BCUT2D eigenvalue weighted by Gasteiger charge is -2.26. The van der Waals surface area contributed by atoms with Gasteiger partial charge in [0.25, 0.3) is 0 Å². The Kier molecular flexibility index (Phi) is 7.06. The van der Waals surface area contributed by atoms with Gasteiger partial charge in [0.05, 0.1) is 24.6 Å². The van der Waals surface area contributed by atoms with Crippen molar-refractivity contribution in [1.29, 1.82) is 0 Å².